The Morgan fingerprint density at radius 2 is 2.23 bits per heavy atom. The quantitative estimate of drug-likeness (QED) is 0.741. The van der Waals surface area contributed by atoms with Crippen LogP contribution in [0.4, 0.5) is 5.95 Å². The summed E-state index contributed by atoms with van der Waals surface area (Å²) >= 11 is 5.95. The second-order valence-corrected chi connectivity index (χ2v) is 5.06. The molecule has 0 saturated heterocycles. The fraction of sp³-hybridized carbons (Fsp3) is 0.143. The molecule has 112 valence electrons. The van der Waals surface area contributed by atoms with Crippen LogP contribution in [0, 0.1) is 0 Å². The predicted molar refractivity (Wildman–Crippen MR) is 81.6 cm³/mol. The number of anilines is 1. The molecule has 0 aliphatic carbocycles. The zero-order valence-corrected chi connectivity index (χ0v) is 12.4. The summed E-state index contributed by atoms with van der Waals surface area (Å²) < 4.78 is 6.01. The molecule has 3 rings (SSSR count). The highest BCUT2D eigenvalue weighted by Gasteiger charge is 2.15. The summed E-state index contributed by atoms with van der Waals surface area (Å²) in [4.78, 5) is 19.5. The van der Waals surface area contributed by atoms with Crippen molar-refractivity contribution in [3.63, 3.8) is 0 Å². The van der Waals surface area contributed by atoms with Gasteiger partial charge in [0.05, 0.1) is 24.2 Å². The molecule has 0 saturated carbocycles. The largest absolute Gasteiger partial charge is 0.463 e. The summed E-state index contributed by atoms with van der Waals surface area (Å²) in [5, 5.41) is 5.52. The minimum Gasteiger partial charge on any atom is -0.463 e. The lowest BCUT2D eigenvalue weighted by molar-refractivity contribution is 0.0586. The third kappa shape index (κ3) is 2.71. The summed E-state index contributed by atoms with van der Waals surface area (Å²) in [6, 6.07) is 7.56. The smallest absolute Gasteiger partial charge is 0.378 e. The van der Waals surface area contributed by atoms with Gasteiger partial charge in [0.25, 0.3) is 5.82 Å². The molecule has 22 heavy (non-hydrogen) atoms. The van der Waals surface area contributed by atoms with Gasteiger partial charge >= 0.3 is 5.97 Å². The molecule has 2 N–H and O–H groups in total. The number of ether oxygens (including phenoxy) is 1. The van der Waals surface area contributed by atoms with Crippen molar-refractivity contribution in [1.82, 2.24) is 19.7 Å². The third-order valence-corrected chi connectivity index (χ3v) is 3.32. The Kier molecular flexibility index (Phi) is 3.64. The number of carbonyl (C=O) groups excluding carboxylic acids is 1. The first kappa shape index (κ1) is 14.3. The molecule has 1 aromatic carbocycles. The van der Waals surface area contributed by atoms with Crippen LogP contribution in [0.15, 0.2) is 30.5 Å². The van der Waals surface area contributed by atoms with Gasteiger partial charge in [0.15, 0.2) is 0 Å². The number of carbonyl (C=O) groups is 1. The lowest BCUT2D eigenvalue weighted by atomic mass is 10.1. The lowest BCUT2D eigenvalue weighted by Crippen LogP contribution is -2.08. The number of pyridine rings is 1. The number of rotatable bonds is 3. The monoisotopic (exact) mass is 317 g/mol. The van der Waals surface area contributed by atoms with E-state index in [0.29, 0.717) is 11.6 Å². The highest BCUT2D eigenvalue weighted by atomic mass is 35.5. The van der Waals surface area contributed by atoms with Crippen LogP contribution < -0.4 is 5.73 Å². The fourth-order valence-electron chi connectivity index (χ4n) is 2.07. The Morgan fingerprint density at radius 1 is 1.41 bits per heavy atom. The van der Waals surface area contributed by atoms with Crippen molar-refractivity contribution in [3.05, 3.63) is 46.9 Å². The number of halogens is 1. The number of benzene rings is 1. The van der Waals surface area contributed by atoms with E-state index in [-0.39, 0.29) is 11.8 Å². The van der Waals surface area contributed by atoms with E-state index < -0.39 is 5.97 Å². The van der Waals surface area contributed by atoms with Gasteiger partial charge in [-0.2, -0.15) is 4.98 Å². The second kappa shape index (κ2) is 5.61. The second-order valence-electron chi connectivity index (χ2n) is 4.62. The van der Waals surface area contributed by atoms with Gasteiger partial charge in [0.1, 0.15) is 0 Å². The number of methoxy groups -OCH3 is 1. The van der Waals surface area contributed by atoms with Gasteiger partial charge < -0.3 is 10.5 Å². The molecule has 2 heterocycles. The number of esters is 1. The van der Waals surface area contributed by atoms with E-state index >= 15 is 0 Å². The van der Waals surface area contributed by atoms with Crippen molar-refractivity contribution in [2.45, 2.75) is 6.54 Å². The number of aromatic nitrogens is 4. The molecule has 0 spiro atoms. The van der Waals surface area contributed by atoms with Crippen molar-refractivity contribution in [3.8, 4) is 0 Å². The molecule has 8 heteroatoms. The Labute approximate surface area is 130 Å². The Hall–Kier alpha value is -2.67. The van der Waals surface area contributed by atoms with Crippen molar-refractivity contribution in [2.75, 3.05) is 12.8 Å². The van der Waals surface area contributed by atoms with Gasteiger partial charge in [-0.3, -0.25) is 4.98 Å². The van der Waals surface area contributed by atoms with Crippen LogP contribution in [0.1, 0.15) is 16.2 Å². The Bertz CT molecular complexity index is 862. The average Bonchev–Trinajstić information content (AvgIpc) is 2.87. The minimum absolute atomic E-state index is 0.0644. The van der Waals surface area contributed by atoms with Crippen LogP contribution in [0.5, 0.6) is 0 Å². The van der Waals surface area contributed by atoms with Crippen molar-refractivity contribution in [2.24, 2.45) is 0 Å². The van der Waals surface area contributed by atoms with Gasteiger partial charge in [-0.25, -0.2) is 9.48 Å². The molecule has 3 aromatic rings. The molecular formula is C14H12ClN5O2. The topological polar surface area (TPSA) is 95.9 Å². The zero-order chi connectivity index (χ0) is 15.7. The predicted octanol–water partition coefficient (Wildman–Crippen LogP) is 1.90. The van der Waals surface area contributed by atoms with E-state index in [1.54, 1.807) is 6.20 Å². The summed E-state index contributed by atoms with van der Waals surface area (Å²) in [6.45, 7) is 0.373. The molecule has 0 bridgehead atoms. The first-order valence-corrected chi connectivity index (χ1v) is 6.77. The molecule has 0 unspecified atom stereocenters. The number of nitrogens with two attached hydrogens (primary N) is 1. The molecule has 0 atom stereocenters. The standard InChI is InChI=1S/C14H12ClN5O2/c1-22-13(21)12-18-14(16)20(19-12)7-8-2-3-11-9(4-8)5-10(15)6-17-11/h2-6H,7H2,1H3,(H2,16,18,19). The summed E-state index contributed by atoms with van der Waals surface area (Å²) in [5.41, 5.74) is 7.54. The van der Waals surface area contributed by atoms with Crippen LogP contribution in [0.3, 0.4) is 0 Å². The number of nitrogen functional groups attached to an aromatic ring is 1. The molecule has 0 amide bonds. The van der Waals surface area contributed by atoms with E-state index in [2.05, 4.69) is 19.8 Å². The number of fused-ring (bicyclic) bond motifs is 1. The normalized spacial score (nSPS) is 10.8. The third-order valence-electron chi connectivity index (χ3n) is 3.11. The van der Waals surface area contributed by atoms with Gasteiger partial charge in [0, 0.05) is 11.6 Å². The molecule has 0 aliphatic heterocycles. The average molecular weight is 318 g/mol. The van der Waals surface area contributed by atoms with Crippen LogP contribution in [0.2, 0.25) is 5.02 Å². The number of hydrogen-bond donors (Lipinski definition) is 1. The summed E-state index contributed by atoms with van der Waals surface area (Å²) in [7, 11) is 1.26. The first-order chi connectivity index (χ1) is 10.6. The maximum atomic E-state index is 11.4. The van der Waals surface area contributed by atoms with Crippen LogP contribution in [0.25, 0.3) is 10.9 Å². The van der Waals surface area contributed by atoms with Crippen LogP contribution in [-0.4, -0.2) is 32.8 Å². The Morgan fingerprint density at radius 3 is 3.00 bits per heavy atom. The highest BCUT2D eigenvalue weighted by Crippen LogP contribution is 2.19. The summed E-state index contributed by atoms with van der Waals surface area (Å²) in [6.07, 6.45) is 1.60. The SMILES string of the molecule is COC(=O)c1nc(N)n(Cc2ccc3ncc(Cl)cc3c2)n1. The van der Waals surface area contributed by atoms with Crippen LogP contribution in [-0.2, 0) is 11.3 Å². The van der Waals surface area contributed by atoms with E-state index in [9.17, 15) is 4.79 Å². The fourth-order valence-corrected chi connectivity index (χ4v) is 2.24. The zero-order valence-electron chi connectivity index (χ0n) is 11.7. The summed E-state index contributed by atoms with van der Waals surface area (Å²) in [5.74, 6) is -0.546. The van der Waals surface area contributed by atoms with E-state index in [1.165, 1.54) is 11.8 Å². The minimum atomic E-state index is -0.625. The first-order valence-electron chi connectivity index (χ1n) is 6.39. The van der Waals surface area contributed by atoms with Gasteiger partial charge in [0.2, 0.25) is 5.95 Å². The van der Waals surface area contributed by atoms with E-state index in [4.69, 9.17) is 17.3 Å². The van der Waals surface area contributed by atoms with Crippen molar-refractivity contribution >= 4 is 34.4 Å². The van der Waals surface area contributed by atoms with Gasteiger partial charge in [-0.15, -0.1) is 5.10 Å². The van der Waals surface area contributed by atoms with E-state index in [0.717, 1.165) is 16.5 Å². The maximum absolute atomic E-state index is 11.4. The Balaban J connectivity index is 1.92. The van der Waals surface area contributed by atoms with Crippen LogP contribution >= 0.6 is 11.6 Å². The van der Waals surface area contributed by atoms with Crippen molar-refractivity contribution in [1.29, 1.82) is 0 Å². The van der Waals surface area contributed by atoms with Gasteiger partial charge in [-0.05, 0) is 23.8 Å². The van der Waals surface area contributed by atoms with Gasteiger partial charge in [-0.1, -0.05) is 17.7 Å². The molecular weight excluding hydrogens is 306 g/mol. The molecule has 2 aromatic heterocycles. The van der Waals surface area contributed by atoms with E-state index in [1.807, 2.05) is 24.3 Å². The lowest BCUT2D eigenvalue weighted by Gasteiger charge is -2.05. The molecule has 0 fully saturated rings. The highest BCUT2D eigenvalue weighted by molar-refractivity contribution is 6.31. The molecule has 0 radical (unpaired) electrons. The molecule has 0 aliphatic rings. The molecule has 7 nitrogen and oxygen atoms in total. The maximum Gasteiger partial charge on any atom is 0.378 e. The number of hydrogen-bond acceptors (Lipinski definition) is 6. The van der Waals surface area contributed by atoms with Crippen molar-refractivity contribution < 1.29 is 9.53 Å². The number of nitrogens with zero attached hydrogens (tertiary/aromatic N) is 4.